The van der Waals surface area contributed by atoms with Crippen LogP contribution in [0.4, 0.5) is 4.39 Å². The van der Waals surface area contributed by atoms with E-state index in [1.807, 2.05) is 18.4 Å². The maximum atomic E-state index is 13.4. The van der Waals surface area contributed by atoms with Crippen molar-refractivity contribution in [2.24, 2.45) is 0 Å². The number of carbonyl (C=O) groups is 1. The molecule has 1 saturated heterocycles. The number of hydrogen-bond donors (Lipinski definition) is 0. The third-order valence-electron chi connectivity index (χ3n) is 5.09. The number of sulfone groups is 1. The second-order valence-electron chi connectivity index (χ2n) is 7.13. The number of thiophene rings is 1. The van der Waals surface area contributed by atoms with Crippen LogP contribution in [0.5, 0.6) is 0 Å². The van der Waals surface area contributed by atoms with E-state index in [2.05, 4.69) is 0 Å². The smallest absolute Gasteiger partial charge is 0.290 e. The Bertz CT molecular complexity index is 1260. The van der Waals surface area contributed by atoms with Crippen LogP contribution in [0.15, 0.2) is 44.9 Å². The predicted molar refractivity (Wildman–Crippen MR) is 108 cm³/mol. The first kappa shape index (κ1) is 19.8. The van der Waals surface area contributed by atoms with Crippen LogP contribution in [0.25, 0.3) is 11.0 Å². The van der Waals surface area contributed by atoms with E-state index in [9.17, 15) is 22.4 Å². The van der Waals surface area contributed by atoms with E-state index in [1.165, 1.54) is 22.3 Å². The van der Waals surface area contributed by atoms with Gasteiger partial charge in [0.15, 0.2) is 21.0 Å². The second kappa shape index (κ2) is 7.38. The molecule has 152 valence electrons. The van der Waals surface area contributed by atoms with Gasteiger partial charge in [0.25, 0.3) is 5.91 Å². The molecule has 1 aliphatic heterocycles. The van der Waals surface area contributed by atoms with E-state index in [4.69, 9.17) is 4.42 Å². The van der Waals surface area contributed by atoms with E-state index in [-0.39, 0.29) is 34.8 Å². The molecular weight excluding hydrogens is 417 g/mol. The van der Waals surface area contributed by atoms with E-state index >= 15 is 0 Å². The van der Waals surface area contributed by atoms with Crippen molar-refractivity contribution < 1.29 is 22.0 Å². The zero-order chi connectivity index (χ0) is 20.8. The summed E-state index contributed by atoms with van der Waals surface area (Å²) >= 11 is 1.48. The van der Waals surface area contributed by atoms with E-state index in [1.54, 1.807) is 0 Å². The SMILES string of the molecule is Cc1ccsc1CN(C(=O)c1cc(=O)c2cc(F)ccc2o1)C1CCS(=O)(=O)C1. The monoisotopic (exact) mass is 435 g/mol. The Morgan fingerprint density at radius 1 is 1.31 bits per heavy atom. The minimum atomic E-state index is -3.22. The highest BCUT2D eigenvalue weighted by molar-refractivity contribution is 7.91. The third kappa shape index (κ3) is 3.97. The number of nitrogens with zero attached hydrogens (tertiary/aromatic N) is 1. The average molecular weight is 435 g/mol. The molecule has 1 aromatic carbocycles. The molecule has 0 saturated carbocycles. The first-order chi connectivity index (χ1) is 13.7. The van der Waals surface area contributed by atoms with Crippen LogP contribution < -0.4 is 5.43 Å². The standard InChI is InChI=1S/C20H18FNO5S2/c1-12-4-6-28-19(12)10-22(14-5-7-29(25,26)11-14)20(24)18-9-16(23)15-8-13(21)2-3-17(15)27-18/h2-4,6,8-9,14H,5,7,10-11H2,1H3. The summed E-state index contributed by atoms with van der Waals surface area (Å²) < 4.78 is 43.0. The number of fused-ring (bicyclic) bond motifs is 1. The largest absolute Gasteiger partial charge is 0.451 e. The van der Waals surface area contributed by atoms with Crippen molar-refractivity contribution in [3.05, 3.63) is 68.0 Å². The molecule has 1 fully saturated rings. The summed E-state index contributed by atoms with van der Waals surface area (Å²) in [6, 6.07) is 5.99. The molecule has 3 aromatic rings. The van der Waals surface area contributed by atoms with Crippen molar-refractivity contribution in [2.75, 3.05) is 11.5 Å². The highest BCUT2D eigenvalue weighted by atomic mass is 32.2. The first-order valence-corrected chi connectivity index (χ1v) is 11.7. The highest BCUT2D eigenvalue weighted by Crippen LogP contribution is 2.26. The lowest BCUT2D eigenvalue weighted by molar-refractivity contribution is 0.0650. The third-order valence-corrected chi connectivity index (χ3v) is 7.85. The Morgan fingerprint density at radius 2 is 2.10 bits per heavy atom. The molecule has 3 heterocycles. The molecule has 0 bridgehead atoms. The molecule has 6 nitrogen and oxygen atoms in total. The lowest BCUT2D eigenvalue weighted by Gasteiger charge is -2.27. The molecule has 0 N–H and O–H groups in total. The normalized spacial score (nSPS) is 18.2. The summed E-state index contributed by atoms with van der Waals surface area (Å²) in [5, 5.41) is 1.95. The summed E-state index contributed by atoms with van der Waals surface area (Å²) in [7, 11) is -3.22. The van der Waals surface area contributed by atoms with Gasteiger partial charge in [-0.2, -0.15) is 0 Å². The zero-order valence-corrected chi connectivity index (χ0v) is 17.2. The Labute approximate surface area is 170 Å². The van der Waals surface area contributed by atoms with Gasteiger partial charge in [0.1, 0.15) is 11.4 Å². The lowest BCUT2D eigenvalue weighted by atomic mass is 10.1. The maximum absolute atomic E-state index is 13.4. The Balaban J connectivity index is 1.75. The number of benzene rings is 1. The number of amides is 1. The van der Waals surface area contributed by atoms with Crippen LogP contribution in [0, 0.1) is 12.7 Å². The van der Waals surface area contributed by atoms with Gasteiger partial charge < -0.3 is 9.32 Å². The first-order valence-electron chi connectivity index (χ1n) is 9.01. The topological polar surface area (TPSA) is 84.7 Å². The van der Waals surface area contributed by atoms with Crippen LogP contribution >= 0.6 is 11.3 Å². The van der Waals surface area contributed by atoms with Crippen molar-refractivity contribution in [1.29, 1.82) is 0 Å². The van der Waals surface area contributed by atoms with Gasteiger partial charge in [-0.3, -0.25) is 9.59 Å². The molecule has 0 aliphatic carbocycles. The van der Waals surface area contributed by atoms with E-state index in [0.29, 0.717) is 6.42 Å². The molecule has 29 heavy (non-hydrogen) atoms. The van der Waals surface area contributed by atoms with Gasteiger partial charge in [-0.15, -0.1) is 11.3 Å². The number of rotatable bonds is 4. The fraction of sp³-hybridized carbons (Fsp3) is 0.300. The number of hydrogen-bond acceptors (Lipinski definition) is 6. The van der Waals surface area contributed by atoms with Crippen molar-refractivity contribution in [3.63, 3.8) is 0 Å². The van der Waals surface area contributed by atoms with Gasteiger partial charge in [0.05, 0.1) is 23.4 Å². The van der Waals surface area contributed by atoms with E-state index in [0.717, 1.165) is 28.6 Å². The molecule has 0 radical (unpaired) electrons. The Morgan fingerprint density at radius 3 is 2.76 bits per heavy atom. The lowest BCUT2D eigenvalue weighted by Crippen LogP contribution is -2.40. The zero-order valence-electron chi connectivity index (χ0n) is 15.6. The number of carbonyl (C=O) groups excluding carboxylic acids is 1. The summed E-state index contributed by atoms with van der Waals surface area (Å²) in [5.41, 5.74) is 0.582. The van der Waals surface area contributed by atoms with Crippen LogP contribution in [0.2, 0.25) is 0 Å². The molecule has 1 unspecified atom stereocenters. The number of aryl methyl sites for hydroxylation is 1. The van der Waals surface area contributed by atoms with Crippen LogP contribution in [0.1, 0.15) is 27.4 Å². The predicted octanol–water partition coefficient (Wildman–Crippen LogP) is 3.13. The van der Waals surface area contributed by atoms with Crippen LogP contribution in [0.3, 0.4) is 0 Å². The molecule has 9 heteroatoms. The van der Waals surface area contributed by atoms with Crippen molar-refractivity contribution >= 4 is 38.1 Å². The minimum absolute atomic E-state index is 0.0197. The quantitative estimate of drug-likeness (QED) is 0.629. The Kier molecular flexibility index (Phi) is 5.04. The van der Waals surface area contributed by atoms with E-state index < -0.39 is 33.0 Å². The van der Waals surface area contributed by atoms with Crippen molar-refractivity contribution in [3.8, 4) is 0 Å². The van der Waals surface area contributed by atoms with Gasteiger partial charge in [0.2, 0.25) is 0 Å². The van der Waals surface area contributed by atoms with Crippen molar-refractivity contribution in [1.82, 2.24) is 4.90 Å². The van der Waals surface area contributed by atoms with Gasteiger partial charge in [-0.05, 0) is 48.6 Å². The summed E-state index contributed by atoms with van der Waals surface area (Å²) in [5.74, 6) is -1.41. The van der Waals surface area contributed by atoms with Gasteiger partial charge in [-0.25, -0.2) is 12.8 Å². The van der Waals surface area contributed by atoms with Crippen molar-refractivity contribution in [2.45, 2.75) is 25.9 Å². The highest BCUT2D eigenvalue weighted by Gasteiger charge is 2.36. The summed E-state index contributed by atoms with van der Waals surface area (Å²) in [6.45, 7) is 2.15. The number of halogens is 1. The fourth-order valence-corrected chi connectivity index (χ4v) is 6.12. The average Bonchev–Trinajstić information content (AvgIpc) is 3.24. The van der Waals surface area contributed by atoms with Gasteiger partial charge in [-0.1, -0.05) is 0 Å². The van der Waals surface area contributed by atoms with Gasteiger partial charge in [0, 0.05) is 17.0 Å². The molecule has 0 spiro atoms. The Hall–Kier alpha value is -2.52. The summed E-state index contributed by atoms with van der Waals surface area (Å²) in [4.78, 5) is 28.1. The molecule has 4 rings (SSSR count). The minimum Gasteiger partial charge on any atom is -0.451 e. The van der Waals surface area contributed by atoms with Crippen LogP contribution in [-0.2, 0) is 16.4 Å². The van der Waals surface area contributed by atoms with Gasteiger partial charge >= 0.3 is 0 Å². The fourth-order valence-electron chi connectivity index (χ4n) is 3.48. The summed E-state index contributed by atoms with van der Waals surface area (Å²) in [6.07, 6.45) is 0.335. The molecule has 2 aromatic heterocycles. The molecule has 1 aliphatic rings. The second-order valence-corrected chi connectivity index (χ2v) is 10.4. The molecular formula is C20H18FNO5S2. The van der Waals surface area contributed by atoms with Crippen LogP contribution in [-0.4, -0.2) is 36.8 Å². The molecule has 1 atom stereocenters. The maximum Gasteiger partial charge on any atom is 0.290 e. The molecule has 1 amide bonds.